The highest BCUT2D eigenvalue weighted by molar-refractivity contribution is 5.56. The Labute approximate surface area is 78.5 Å². The van der Waals surface area contributed by atoms with Crippen molar-refractivity contribution in [1.82, 2.24) is 0 Å². The number of hydrogen-bond acceptors (Lipinski definition) is 2. The van der Waals surface area contributed by atoms with Gasteiger partial charge in [0.05, 0.1) is 6.61 Å². The molecule has 1 aromatic rings. The van der Waals surface area contributed by atoms with Crippen LogP contribution in [0.4, 0.5) is 0 Å². The fourth-order valence-corrected chi connectivity index (χ4v) is 1.08. The third kappa shape index (κ3) is 2.92. The van der Waals surface area contributed by atoms with Crippen molar-refractivity contribution in [3.8, 4) is 5.75 Å². The molecule has 0 aromatic heterocycles. The fourth-order valence-electron chi connectivity index (χ4n) is 1.08. The van der Waals surface area contributed by atoms with Gasteiger partial charge in [-0.05, 0) is 13.0 Å². The molecule has 0 saturated carbocycles. The predicted octanol–water partition coefficient (Wildman–Crippen LogP) is 2.09. The van der Waals surface area contributed by atoms with E-state index in [1.165, 1.54) is 0 Å². The molecule has 2 heteroatoms. The molecule has 1 rings (SSSR count). The van der Waals surface area contributed by atoms with Crippen LogP contribution >= 0.6 is 0 Å². The molecule has 0 bridgehead atoms. The highest BCUT2D eigenvalue weighted by atomic mass is 16.5. The Bertz CT molecular complexity index is 279. The quantitative estimate of drug-likeness (QED) is 0.765. The highest BCUT2D eigenvalue weighted by Crippen LogP contribution is 2.18. The molecular weight excluding hydrogens is 164 g/mol. The standard InChI is InChI=1S/C11H14O2/c1-2-5-10-6-3-4-7-11(10)13-9-8-12/h2-7,12H,8-9H2,1H3/b5-2+. The van der Waals surface area contributed by atoms with Crippen LogP contribution in [0.1, 0.15) is 12.5 Å². The average Bonchev–Trinajstić information content (AvgIpc) is 2.17. The van der Waals surface area contributed by atoms with Crippen LogP contribution in [0.15, 0.2) is 30.3 Å². The molecule has 2 nitrogen and oxygen atoms in total. The van der Waals surface area contributed by atoms with E-state index in [0.717, 1.165) is 11.3 Å². The second-order valence-electron chi connectivity index (χ2n) is 2.61. The molecule has 1 N–H and O–H groups in total. The Morgan fingerprint density at radius 2 is 2.15 bits per heavy atom. The first-order valence-electron chi connectivity index (χ1n) is 4.34. The first kappa shape index (κ1) is 9.81. The van der Waals surface area contributed by atoms with E-state index in [4.69, 9.17) is 9.84 Å². The lowest BCUT2D eigenvalue weighted by Crippen LogP contribution is -2.02. The minimum atomic E-state index is 0.0458. The third-order valence-corrected chi connectivity index (χ3v) is 1.61. The Morgan fingerprint density at radius 3 is 2.85 bits per heavy atom. The van der Waals surface area contributed by atoms with E-state index in [2.05, 4.69) is 0 Å². The first-order chi connectivity index (χ1) is 6.38. The largest absolute Gasteiger partial charge is 0.491 e. The molecule has 0 radical (unpaired) electrons. The maximum Gasteiger partial charge on any atom is 0.126 e. The van der Waals surface area contributed by atoms with E-state index < -0.39 is 0 Å². The van der Waals surface area contributed by atoms with Gasteiger partial charge in [0.2, 0.25) is 0 Å². The van der Waals surface area contributed by atoms with E-state index in [1.54, 1.807) is 0 Å². The molecule has 13 heavy (non-hydrogen) atoms. The molecule has 70 valence electrons. The lowest BCUT2D eigenvalue weighted by atomic mass is 10.2. The predicted molar refractivity (Wildman–Crippen MR) is 53.7 cm³/mol. The van der Waals surface area contributed by atoms with Crippen molar-refractivity contribution in [1.29, 1.82) is 0 Å². The Kier molecular flexibility index (Phi) is 4.06. The van der Waals surface area contributed by atoms with E-state index in [9.17, 15) is 0 Å². The van der Waals surface area contributed by atoms with Crippen molar-refractivity contribution in [2.75, 3.05) is 13.2 Å². The molecule has 0 aliphatic carbocycles. The lowest BCUT2D eigenvalue weighted by Gasteiger charge is -2.06. The number of allylic oxidation sites excluding steroid dienone is 1. The summed E-state index contributed by atoms with van der Waals surface area (Å²) in [7, 11) is 0. The summed E-state index contributed by atoms with van der Waals surface area (Å²) in [6, 6.07) is 7.75. The third-order valence-electron chi connectivity index (χ3n) is 1.61. The normalized spacial score (nSPS) is 10.6. The van der Waals surface area contributed by atoms with Gasteiger partial charge in [-0.1, -0.05) is 30.4 Å². The van der Waals surface area contributed by atoms with Crippen molar-refractivity contribution in [2.24, 2.45) is 0 Å². The molecule has 0 aliphatic heterocycles. The molecule has 1 aromatic carbocycles. The van der Waals surface area contributed by atoms with Crippen LogP contribution in [0.2, 0.25) is 0 Å². The minimum Gasteiger partial charge on any atom is -0.491 e. The van der Waals surface area contributed by atoms with E-state index in [0.29, 0.717) is 6.61 Å². The summed E-state index contributed by atoms with van der Waals surface area (Å²) in [6.45, 7) is 2.35. The van der Waals surface area contributed by atoms with Gasteiger partial charge in [-0.2, -0.15) is 0 Å². The topological polar surface area (TPSA) is 29.5 Å². The maximum absolute atomic E-state index is 8.61. The van der Waals surface area contributed by atoms with Gasteiger partial charge in [-0.3, -0.25) is 0 Å². The van der Waals surface area contributed by atoms with Gasteiger partial charge in [0, 0.05) is 5.56 Å². The van der Waals surface area contributed by atoms with Gasteiger partial charge in [-0.25, -0.2) is 0 Å². The second kappa shape index (κ2) is 5.38. The van der Waals surface area contributed by atoms with Crippen molar-refractivity contribution in [2.45, 2.75) is 6.92 Å². The van der Waals surface area contributed by atoms with Crippen molar-refractivity contribution >= 4 is 6.08 Å². The summed E-state index contributed by atoms with van der Waals surface area (Å²) in [6.07, 6.45) is 3.94. The summed E-state index contributed by atoms with van der Waals surface area (Å²) in [4.78, 5) is 0. The monoisotopic (exact) mass is 178 g/mol. The fraction of sp³-hybridized carbons (Fsp3) is 0.273. The zero-order chi connectivity index (χ0) is 9.52. The van der Waals surface area contributed by atoms with Gasteiger partial charge in [0.25, 0.3) is 0 Å². The van der Waals surface area contributed by atoms with Gasteiger partial charge in [-0.15, -0.1) is 0 Å². The van der Waals surface area contributed by atoms with Crippen LogP contribution in [0.3, 0.4) is 0 Å². The minimum absolute atomic E-state index is 0.0458. The summed E-state index contributed by atoms with van der Waals surface area (Å²) < 4.78 is 5.34. The zero-order valence-corrected chi connectivity index (χ0v) is 7.73. The molecule has 0 unspecified atom stereocenters. The van der Waals surface area contributed by atoms with Gasteiger partial charge >= 0.3 is 0 Å². The van der Waals surface area contributed by atoms with Crippen molar-refractivity contribution in [3.63, 3.8) is 0 Å². The number of ether oxygens (including phenoxy) is 1. The van der Waals surface area contributed by atoms with Crippen molar-refractivity contribution in [3.05, 3.63) is 35.9 Å². The van der Waals surface area contributed by atoms with E-state index in [1.807, 2.05) is 43.3 Å². The number of hydrogen-bond donors (Lipinski definition) is 1. The summed E-state index contributed by atoms with van der Waals surface area (Å²) >= 11 is 0. The van der Waals surface area contributed by atoms with Crippen LogP contribution in [0.5, 0.6) is 5.75 Å². The summed E-state index contributed by atoms with van der Waals surface area (Å²) in [5.74, 6) is 0.814. The number of aliphatic hydroxyl groups excluding tert-OH is 1. The van der Waals surface area contributed by atoms with Gasteiger partial charge < -0.3 is 9.84 Å². The molecule has 0 fully saturated rings. The van der Waals surface area contributed by atoms with Crippen LogP contribution in [0, 0.1) is 0 Å². The van der Waals surface area contributed by atoms with Crippen LogP contribution in [0.25, 0.3) is 6.08 Å². The smallest absolute Gasteiger partial charge is 0.126 e. The molecule has 0 saturated heterocycles. The van der Waals surface area contributed by atoms with Gasteiger partial charge in [0.1, 0.15) is 12.4 Å². The molecule has 0 amide bonds. The number of para-hydroxylation sites is 1. The Hall–Kier alpha value is -1.28. The molecular formula is C11H14O2. The highest BCUT2D eigenvalue weighted by Gasteiger charge is 1.97. The van der Waals surface area contributed by atoms with Crippen LogP contribution in [-0.4, -0.2) is 18.3 Å². The summed E-state index contributed by atoms with van der Waals surface area (Å²) in [5, 5.41) is 8.61. The lowest BCUT2D eigenvalue weighted by molar-refractivity contribution is 0.201. The van der Waals surface area contributed by atoms with Crippen LogP contribution < -0.4 is 4.74 Å². The Morgan fingerprint density at radius 1 is 1.38 bits per heavy atom. The number of aliphatic hydroxyl groups is 1. The second-order valence-corrected chi connectivity index (χ2v) is 2.61. The number of rotatable bonds is 4. The molecule has 0 heterocycles. The molecule has 0 aliphatic rings. The average molecular weight is 178 g/mol. The van der Waals surface area contributed by atoms with E-state index >= 15 is 0 Å². The first-order valence-corrected chi connectivity index (χ1v) is 4.34. The van der Waals surface area contributed by atoms with Crippen LogP contribution in [-0.2, 0) is 0 Å². The molecule has 0 spiro atoms. The SMILES string of the molecule is C/C=C/c1ccccc1OCCO. The van der Waals surface area contributed by atoms with Crippen molar-refractivity contribution < 1.29 is 9.84 Å². The molecule has 0 atom stereocenters. The van der Waals surface area contributed by atoms with Gasteiger partial charge in [0.15, 0.2) is 0 Å². The zero-order valence-electron chi connectivity index (χ0n) is 7.73. The van der Waals surface area contributed by atoms with E-state index in [-0.39, 0.29) is 6.61 Å². The number of benzene rings is 1. The maximum atomic E-state index is 8.61. The Balaban J connectivity index is 2.78. The summed E-state index contributed by atoms with van der Waals surface area (Å²) in [5.41, 5.74) is 1.04.